The van der Waals surface area contributed by atoms with E-state index in [4.69, 9.17) is 11.6 Å². The molecule has 0 amide bonds. The Kier molecular flexibility index (Phi) is 6.93. The van der Waals surface area contributed by atoms with Crippen molar-refractivity contribution in [3.63, 3.8) is 0 Å². The Labute approximate surface area is 234 Å². The van der Waals surface area contributed by atoms with Crippen molar-refractivity contribution in [1.82, 2.24) is 35.5 Å². The number of aromatic nitrogens is 6. The number of halogens is 1. The van der Waals surface area contributed by atoms with E-state index in [1.54, 1.807) is 28.8 Å². The van der Waals surface area contributed by atoms with Crippen LogP contribution in [0.5, 0.6) is 0 Å². The second kappa shape index (κ2) is 10.8. The van der Waals surface area contributed by atoms with Crippen LogP contribution < -0.4 is 5.32 Å². The van der Waals surface area contributed by atoms with Crippen LogP contribution in [0.3, 0.4) is 0 Å². The van der Waals surface area contributed by atoms with Crippen LogP contribution in [0.1, 0.15) is 39.2 Å². The van der Waals surface area contributed by atoms with Gasteiger partial charge < -0.3 is 9.67 Å². The van der Waals surface area contributed by atoms with Crippen LogP contribution >= 0.6 is 11.6 Å². The molecular weight excluding hydrogens is 530 g/mol. The molecule has 3 heterocycles. The fourth-order valence-electron chi connectivity index (χ4n) is 5.08. The average molecular weight is 554 g/mol. The fraction of sp³-hybridized carbons (Fsp3) is 0.172. The van der Waals surface area contributed by atoms with Gasteiger partial charge in [-0.15, -0.1) is 10.2 Å². The van der Waals surface area contributed by atoms with Crippen LogP contribution in [-0.4, -0.2) is 53.6 Å². The summed E-state index contributed by atoms with van der Waals surface area (Å²) in [4.78, 5) is 30.3. The molecule has 0 fully saturated rings. The minimum absolute atomic E-state index is 0.129. The van der Waals surface area contributed by atoms with Crippen molar-refractivity contribution in [2.24, 2.45) is 0 Å². The molecule has 0 aliphatic carbocycles. The van der Waals surface area contributed by atoms with E-state index >= 15 is 0 Å². The van der Waals surface area contributed by atoms with Crippen LogP contribution in [0.2, 0.25) is 5.02 Å². The Morgan fingerprint density at radius 1 is 0.975 bits per heavy atom. The normalized spacial score (nSPS) is 14.6. The molecule has 0 radical (unpaired) electrons. The van der Waals surface area contributed by atoms with Crippen molar-refractivity contribution in [2.45, 2.75) is 25.4 Å². The highest BCUT2D eigenvalue weighted by Gasteiger charge is 2.33. The molecule has 1 unspecified atom stereocenters. The molecule has 3 N–H and O–H groups in total. The minimum Gasteiger partial charge on any atom is -0.480 e. The van der Waals surface area contributed by atoms with Gasteiger partial charge in [-0.05, 0) is 39.6 Å². The zero-order valence-electron chi connectivity index (χ0n) is 21.2. The van der Waals surface area contributed by atoms with Crippen molar-refractivity contribution in [1.29, 1.82) is 0 Å². The molecule has 40 heavy (non-hydrogen) atoms. The van der Waals surface area contributed by atoms with Gasteiger partial charge in [0.05, 0.1) is 11.4 Å². The highest BCUT2D eigenvalue weighted by molar-refractivity contribution is 6.30. The zero-order chi connectivity index (χ0) is 27.6. The predicted octanol–water partition coefficient (Wildman–Crippen LogP) is 4.13. The van der Waals surface area contributed by atoms with Crippen molar-refractivity contribution < 1.29 is 14.7 Å². The number of carbonyl (C=O) groups is 2. The summed E-state index contributed by atoms with van der Waals surface area (Å²) in [6.45, 7) is 0.766. The van der Waals surface area contributed by atoms with Gasteiger partial charge in [0.1, 0.15) is 6.04 Å². The van der Waals surface area contributed by atoms with Gasteiger partial charge in [-0.25, -0.2) is 4.98 Å². The SMILES string of the molecule is O=C(Cc1ccc(Cl)cc1)c1nc2c(n1Cc1ccc(-c3ccccc3-c3nn[nH]n3)cc1)C(C(=O)O)NCC2. The van der Waals surface area contributed by atoms with Gasteiger partial charge in [-0.1, -0.05) is 72.3 Å². The molecule has 5 aromatic rings. The maximum Gasteiger partial charge on any atom is 0.326 e. The second-order valence-corrected chi connectivity index (χ2v) is 9.97. The Hall–Kier alpha value is -4.67. The number of carboxylic acids is 1. The van der Waals surface area contributed by atoms with E-state index in [9.17, 15) is 14.7 Å². The number of rotatable bonds is 8. The maximum atomic E-state index is 13.5. The van der Waals surface area contributed by atoms with E-state index in [1.807, 2.05) is 48.5 Å². The monoisotopic (exact) mass is 553 g/mol. The Balaban J connectivity index is 1.35. The van der Waals surface area contributed by atoms with Crippen molar-refractivity contribution in [2.75, 3.05) is 6.54 Å². The smallest absolute Gasteiger partial charge is 0.326 e. The zero-order valence-corrected chi connectivity index (χ0v) is 22.0. The summed E-state index contributed by atoms with van der Waals surface area (Å²) in [6, 6.07) is 21.8. The number of Topliss-reactive ketones (excluding diaryl/α,β-unsaturated/α-hetero) is 1. The highest BCUT2D eigenvalue weighted by Crippen LogP contribution is 2.31. The van der Waals surface area contributed by atoms with Crippen LogP contribution in [0.15, 0.2) is 72.8 Å². The Morgan fingerprint density at radius 3 is 2.40 bits per heavy atom. The Bertz CT molecular complexity index is 1680. The van der Waals surface area contributed by atoms with Gasteiger partial charge >= 0.3 is 5.97 Å². The summed E-state index contributed by atoms with van der Waals surface area (Å²) in [5.74, 6) is -0.444. The van der Waals surface area contributed by atoms with Crippen LogP contribution in [0, 0.1) is 0 Å². The maximum absolute atomic E-state index is 13.5. The largest absolute Gasteiger partial charge is 0.480 e. The number of nitrogens with zero attached hydrogens (tertiary/aromatic N) is 5. The van der Waals surface area contributed by atoms with E-state index < -0.39 is 12.0 Å². The third-order valence-corrected chi connectivity index (χ3v) is 7.21. The number of H-pyrrole nitrogens is 1. The van der Waals surface area contributed by atoms with Gasteiger partial charge in [-0.3, -0.25) is 14.9 Å². The lowest BCUT2D eigenvalue weighted by Crippen LogP contribution is -2.36. The summed E-state index contributed by atoms with van der Waals surface area (Å²) in [5, 5.41) is 28.0. The molecule has 1 aliphatic heterocycles. The summed E-state index contributed by atoms with van der Waals surface area (Å²) in [7, 11) is 0. The molecule has 10 nitrogen and oxygen atoms in total. The molecule has 200 valence electrons. The topological polar surface area (TPSA) is 139 Å². The lowest BCUT2D eigenvalue weighted by Gasteiger charge is -2.23. The molecule has 6 rings (SSSR count). The third kappa shape index (κ3) is 5.02. The summed E-state index contributed by atoms with van der Waals surface area (Å²) in [6.07, 6.45) is 0.670. The molecular formula is C29H24ClN7O3. The summed E-state index contributed by atoms with van der Waals surface area (Å²) >= 11 is 6.01. The quantitative estimate of drug-likeness (QED) is 0.244. The number of ketones is 1. The van der Waals surface area contributed by atoms with E-state index in [0.29, 0.717) is 41.7 Å². The first-order valence-electron chi connectivity index (χ1n) is 12.7. The van der Waals surface area contributed by atoms with Crippen molar-refractivity contribution in [3.8, 4) is 22.5 Å². The molecule has 0 spiro atoms. The molecule has 3 aromatic carbocycles. The number of carboxylic acid groups (broad SMARTS) is 1. The number of hydrogen-bond acceptors (Lipinski definition) is 7. The lowest BCUT2D eigenvalue weighted by atomic mass is 9.98. The number of aliphatic carboxylic acids is 1. The van der Waals surface area contributed by atoms with E-state index in [1.165, 1.54) is 0 Å². The molecule has 2 aromatic heterocycles. The molecule has 0 bridgehead atoms. The van der Waals surface area contributed by atoms with Crippen LogP contribution in [0.25, 0.3) is 22.5 Å². The average Bonchev–Trinajstić information content (AvgIpc) is 3.64. The van der Waals surface area contributed by atoms with Gasteiger partial charge in [0.2, 0.25) is 11.6 Å². The van der Waals surface area contributed by atoms with Gasteiger partial charge in [0.25, 0.3) is 0 Å². The number of hydrogen-bond donors (Lipinski definition) is 3. The van der Waals surface area contributed by atoms with Gasteiger partial charge in [0, 0.05) is 36.5 Å². The van der Waals surface area contributed by atoms with E-state index in [0.717, 1.165) is 27.8 Å². The first kappa shape index (κ1) is 25.6. The molecule has 1 aliphatic rings. The fourth-order valence-corrected chi connectivity index (χ4v) is 5.20. The van der Waals surface area contributed by atoms with Gasteiger partial charge in [-0.2, -0.15) is 5.21 Å². The number of fused-ring (bicyclic) bond motifs is 1. The predicted molar refractivity (Wildman–Crippen MR) is 148 cm³/mol. The highest BCUT2D eigenvalue weighted by atomic mass is 35.5. The third-order valence-electron chi connectivity index (χ3n) is 6.96. The molecule has 1 atom stereocenters. The van der Waals surface area contributed by atoms with Crippen LogP contribution in [0.4, 0.5) is 0 Å². The summed E-state index contributed by atoms with van der Waals surface area (Å²) in [5.41, 5.74) is 5.61. The summed E-state index contributed by atoms with van der Waals surface area (Å²) < 4.78 is 1.75. The number of carbonyl (C=O) groups excluding carboxylic acids is 1. The lowest BCUT2D eigenvalue weighted by molar-refractivity contribution is -0.140. The first-order chi connectivity index (χ1) is 19.5. The first-order valence-corrected chi connectivity index (χ1v) is 13.1. The van der Waals surface area contributed by atoms with Gasteiger partial charge in [0.15, 0.2) is 5.82 Å². The number of imidazole rings is 1. The standard InChI is InChI=1S/C29H24ClN7O3/c30-20-11-7-17(8-12-20)15-24(38)28-32-23-13-14-31-25(29(39)40)26(23)37(28)16-18-5-9-19(10-6-18)21-3-1-2-4-22(21)27-33-35-36-34-27/h1-12,25,31H,13-16H2,(H,39,40)(H,33,34,35,36). The number of aromatic amines is 1. The Morgan fingerprint density at radius 2 is 1.70 bits per heavy atom. The van der Waals surface area contributed by atoms with E-state index in [2.05, 4.69) is 30.9 Å². The van der Waals surface area contributed by atoms with Crippen molar-refractivity contribution in [3.05, 3.63) is 106 Å². The number of nitrogens with one attached hydrogen (secondary N) is 2. The molecule has 0 saturated carbocycles. The van der Waals surface area contributed by atoms with Crippen molar-refractivity contribution >= 4 is 23.4 Å². The molecule has 11 heteroatoms. The minimum atomic E-state index is -1.01. The van der Waals surface area contributed by atoms with E-state index in [-0.39, 0.29) is 18.0 Å². The molecule has 0 saturated heterocycles. The number of tetrazole rings is 1. The second-order valence-electron chi connectivity index (χ2n) is 9.53. The number of benzene rings is 3. The van der Waals surface area contributed by atoms with Crippen LogP contribution in [-0.2, 0) is 24.2 Å².